The highest BCUT2D eigenvalue weighted by Crippen LogP contribution is 2.31. The molecule has 0 saturated carbocycles. The number of imidazole rings is 1. The van der Waals surface area contributed by atoms with Gasteiger partial charge in [0.05, 0.1) is 17.6 Å². The van der Waals surface area contributed by atoms with Gasteiger partial charge >= 0.3 is 5.97 Å². The van der Waals surface area contributed by atoms with E-state index in [-0.39, 0.29) is 6.61 Å². The van der Waals surface area contributed by atoms with Gasteiger partial charge in [-0.15, -0.1) is 0 Å². The number of carbonyl (C=O) groups is 1. The third-order valence-electron chi connectivity index (χ3n) is 5.11. The molecule has 1 heterocycles. The van der Waals surface area contributed by atoms with Crippen LogP contribution in [0.15, 0.2) is 54.6 Å². The van der Waals surface area contributed by atoms with Gasteiger partial charge in [0.2, 0.25) is 0 Å². The molecule has 5 nitrogen and oxygen atoms in total. The van der Waals surface area contributed by atoms with Crippen molar-refractivity contribution in [2.45, 2.75) is 20.4 Å². The predicted octanol–water partition coefficient (Wildman–Crippen LogP) is 6.14. The number of aliphatic carboxylic acids is 1. The Hall–Kier alpha value is -3.02. The molecule has 0 atom stereocenters. The maximum Gasteiger partial charge on any atom is 0.341 e. The molecular weight excluding hydrogens is 435 g/mol. The summed E-state index contributed by atoms with van der Waals surface area (Å²) < 4.78 is 7.47. The van der Waals surface area contributed by atoms with Crippen molar-refractivity contribution in [1.82, 2.24) is 9.55 Å². The number of nitrogens with zero attached hydrogens (tertiary/aromatic N) is 2. The van der Waals surface area contributed by atoms with Crippen molar-refractivity contribution in [2.24, 2.45) is 0 Å². The molecule has 158 valence electrons. The van der Waals surface area contributed by atoms with Crippen LogP contribution in [0.4, 0.5) is 0 Å². The van der Waals surface area contributed by atoms with E-state index in [1.54, 1.807) is 12.1 Å². The van der Waals surface area contributed by atoms with Gasteiger partial charge in [0, 0.05) is 10.0 Å². The molecule has 0 spiro atoms. The van der Waals surface area contributed by atoms with Gasteiger partial charge in [0.25, 0.3) is 0 Å². The van der Waals surface area contributed by atoms with E-state index in [0.29, 0.717) is 22.3 Å². The van der Waals surface area contributed by atoms with Crippen LogP contribution in [0, 0.1) is 13.8 Å². The summed E-state index contributed by atoms with van der Waals surface area (Å²) >= 11 is 12.4. The Kier molecular flexibility index (Phi) is 5.90. The summed E-state index contributed by atoms with van der Waals surface area (Å²) in [4.78, 5) is 15.6. The molecule has 0 fully saturated rings. The second kappa shape index (κ2) is 8.61. The summed E-state index contributed by atoms with van der Waals surface area (Å²) in [6.07, 6.45) is 0. The zero-order valence-corrected chi connectivity index (χ0v) is 18.5. The molecule has 1 N–H and O–H groups in total. The molecule has 0 saturated heterocycles. The third-order valence-corrected chi connectivity index (χ3v) is 5.70. The quantitative estimate of drug-likeness (QED) is 0.380. The van der Waals surface area contributed by atoms with E-state index in [2.05, 4.69) is 16.7 Å². The summed E-state index contributed by atoms with van der Waals surface area (Å²) in [5.41, 5.74) is 5.87. The predicted molar refractivity (Wildman–Crippen MR) is 123 cm³/mol. The SMILES string of the molecule is Cc1cc(-c2cccc(OCC(=O)O)c2)cc2c1nc(C)n2Cc1ccc(Cl)cc1Cl. The van der Waals surface area contributed by atoms with Crippen LogP contribution in [0.1, 0.15) is 17.0 Å². The van der Waals surface area contributed by atoms with E-state index in [0.717, 1.165) is 39.1 Å². The van der Waals surface area contributed by atoms with Gasteiger partial charge < -0.3 is 14.4 Å². The monoisotopic (exact) mass is 454 g/mol. The van der Waals surface area contributed by atoms with Gasteiger partial charge in [-0.3, -0.25) is 0 Å². The molecule has 0 aliphatic rings. The Morgan fingerprint density at radius 1 is 1.06 bits per heavy atom. The van der Waals surface area contributed by atoms with E-state index in [1.165, 1.54) is 0 Å². The van der Waals surface area contributed by atoms with Crippen molar-refractivity contribution in [3.63, 3.8) is 0 Å². The summed E-state index contributed by atoms with van der Waals surface area (Å²) in [5.74, 6) is 0.387. The Bertz CT molecular complexity index is 1300. The highest BCUT2D eigenvalue weighted by molar-refractivity contribution is 6.35. The van der Waals surface area contributed by atoms with Crippen LogP contribution in [-0.4, -0.2) is 27.2 Å². The van der Waals surface area contributed by atoms with E-state index >= 15 is 0 Å². The van der Waals surface area contributed by atoms with Crippen LogP contribution >= 0.6 is 23.2 Å². The number of carboxylic acid groups (broad SMARTS) is 1. The molecule has 0 aliphatic carbocycles. The van der Waals surface area contributed by atoms with Gasteiger partial charge in [0.1, 0.15) is 11.6 Å². The average Bonchev–Trinajstić information content (AvgIpc) is 3.04. The molecule has 7 heteroatoms. The zero-order chi connectivity index (χ0) is 22.1. The lowest BCUT2D eigenvalue weighted by Crippen LogP contribution is -2.09. The maximum atomic E-state index is 10.8. The largest absolute Gasteiger partial charge is 0.482 e. The molecular formula is C24H20Cl2N2O3. The number of carboxylic acids is 1. The second-order valence-electron chi connectivity index (χ2n) is 7.35. The summed E-state index contributed by atoms with van der Waals surface area (Å²) in [6, 6.07) is 17.1. The van der Waals surface area contributed by atoms with Crippen LogP contribution in [0.2, 0.25) is 10.0 Å². The highest BCUT2D eigenvalue weighted by Gasteiger charge is 2.14. The number of benzene rings is 3. The minimum Gasteiger partial charge on any atom is -0.482 e. The van der Waals surface area contributed by atoms with Gasteiger partial charge in [-0.1, -0.05) is 41.4 Å². The Morgan fingerprint density at radius 3 is 2.61 bits per heavy atom. The molecule has 1 aromatic heterocycles. The van der Waals surface area contributed by atoms with Crippen LogP contribution in [0.5, 0.6) is 5.75 Å². The lowest BCUT2D eigenvalue weighted by molar-refractivity contribution is -0.139. The lowest BCUT2D eigenvalue weighted by Gasteiger charge is -2.11. The molecule has 0 amide bonds. The summed E-state index contributed by atoms with van der Waals surface area (Å²) in [5, 5.41) is 10.1. The van der Waals surface area contributed by atoms with Crippen molar-refractivity contribution in [3.05, 3.63) is 81.6 Å². The van der Waals surface area contributed by atoms with Crippen LogP contribution in [0.25, 0.3) is 22.2 Å². The minimum absolute atomic E-state index is 0.380. The van der Waals surface area contributed by atoms with Crippen molar-refractivity contribution < 1.29 is 14.6 Å². The first kappa shape index (κ1) is 21.2. The first-order valence-corrected chi connectivity index (χ1v) is 10.4. The Morgan fingerprint density at radius 2 is 1.87 bits per heavy atom. The molecule has 0 unspecified atom stereocenters. The summed E-state index contributed by atoms with van der Waals surface area (Å²) in [6.45, 7) is 4.20. The minimum atomic E-state index is -1.01. The van der Waals surface area contributed by atoms with Gasteiger partial charge in [-0.2, -0.15) is 0 Å². The van der Waals surface area contributed by atoms with Crippen LogP contribution in [-0.2, 0) is 11.3 Å². The second-order valence-corrected chi connectivity index (χ2v) is 8.20. The van der Waals surface area contributed by atoms with E-state index in [4.69, 9.17) is 38.0 Å². The molecule has 4 rings (SSSR count). The highest BCUT2D eigenvalue weighted by atomic mass is 35.5. The number of halogens is 2. The summed E-state index contributed by atoms with van der Waals surface area (Å²) in [7, 11) is 0. The fourth-order valence-electron chi connectivity index (χ4n) is 3.61. The van der Waals surface area contributed by atoms with Crippen LogP contribution in [0.3, 0.4) is 0 Å². The zero-order valence-electron chi connectivity index (χ0n) is 17.0. The van der Waals surface area contributed by atoms with Crippen molar-refractivity contribution in [3.8, 4) is 16.9 Å². The molecule has 4 aromatic rings. The van der Waals surface area contributed by atoms with E-state index in [1.807, 2.05) is 44.2 Å². The number of hydrogen-bond acceptors (Lipinski definition) is 3. The fraction of sp³-hybridized carbons (Fsp3) is 0.167. The number of hydrogen-bond donors (Lipinski definition) is 1. The van der Waals surface area contributed by atoms with E-state index < -0.39 is 5.97 Å². The fourth-order valence-corrected chi connectivity index (χ4v) is 4.07. The van der Waals surface area contributed by atoms with Crippen molar-refractivity contribution >= 4 is 40.2 Å². The first-order chi connectivity index (χ1) is 14.8. The van der Waals surface area contributed by atoms with Gasteiger partial charge in [-0.05, 0) is 72.5 Å². The number of ether oxygens (including phenoxy) is 1. The number of fused-ring (bicyclic) bond motifs is 1. The molecule has 0 aliphatic heterocycles. The maximum absolute atomic E-state index is 10.8. The van der Waals surface area contributed by atoms with Crippen molar-refractivity contribution in [1.29, 1.82) is 0 Å². The Balaban J connectivity index is 1.77. The first-order valence-electron chi connectivity index (χ1n) is 9.68. The lowest BCUT2D eigenvalue weighted by atomic mass is 10.0. The van der Waals surface area contributed by atoms with Gasteiger partial charge in [0.15, 0.2) is 6.61 Å². The number of aromatic nitrogens is 2. The van der Waals surface area contributed by atoms with Crippen molar-refractivity contribution in [2.75, 3.05) is 6.61 Å². The average molecular weight is 455 g/mol. The number of aryl methyl sites for hydroxylation is 2. The molecule has 31 heavy (non-hydrogen) atoms. The molecule has 3 aromatic carbocycles. The Labute approximate surface area is 189 Å². The smallest absolute Gasteiger partial charge is 0.341 e. The topological polar surface area (TPSA) is 64.3 Å². The molecule has 0 bridgehead atoms. The van der Waals surface area contributed by atoms with Gasteiger partial charge in [-0.25, -0.2) is 9.78 Å². The third kappa shape index (κ3) is 4.53. The van der Waals surface area contributed by atoms with Crippen LogP contribution < -0.4 is 4.74 Å². The molecule has 0 radical (unpaired) electrons. The number of rotatable bonds is 6. The van der Waals surface area contributed by atoms with E-state index in [9.17, 15) is 4.79 Å². The standard InChI is InChI=1S/C24H20Cl2N2O3/c1-14-8-18(16-4-3-5-20(9-16)31-13-23(29)30)10-22-24(14)27-15(2)28(22)12-17-6-7-19(25)11-21(17)26/h3-11H,12-13H2,1-2H3,(H,29,30). The normalized spacial score (nSPS) is 11.1.